The summed E-state index contributed by atoms with van der Waals surface area (Å²) >= 11 is 1.42. The minimum absolute atomic E-state index is 0.0967. The van der Waals surface area contributed by atoms with E-state index in [1.165, 1.54) is 11.3 Å². The van der Waals surface area contributed by atoms with Gasteiger partial charge in [0.05, 0.1) is 32.4 Å². The van der Waals surface area contributed by atoms with Crippen LogP contribution in [0.15, 0.2) is 0 Å². The summed E-state index contributed by atoms with van der Waals surface area (Å²) in [4.78, 5) is 2.08. The molecule has 0 radical (unpaired) electrons. The topological polar surface area (TPSA) is 67.7 Å². The van der Waals surface area contributed by atoms with E-state index in [0.717, 1.165) is 11.4 Å². The molecule has 6 nitrogen and oxygen atoms in total. The van der Waals surface area contributed by atoms with Gasteiger partial charge in [-0.1, -0.05) is 11.3 Å². The minimum atomic E-state index is -0.279. The molecule has 2 rings (SSSR count). The smallest absolute Gasteiger partial charge is 0.293 e. The van der Waals surface area contributed by atoms with Gasteiger partial charge in [0, 0.05) is 6.61 Å². The second-order valence-electron chi connectivity index (χ2n) is 4.21. The Morgan fingerprint density at radius 1 is 1.59 bits per heavy atom. The van der Waals surface area contributed by atoms with E-state index < -0.39 is 0 Å². The lowest BCUT2D eigenvalue weighted by atomic mass is 9.98. The summed E-state index contributed by atoms with van der Waals surface area (Å²) in [5.74, 6) is 0. The molecule has 0 saturated carbocycles. The number of rotatable bonds is 5. The molecule has 1 fully saturated rings. The van der Waals surface area contributed by atoms with E-state index in [1.807, 2.05) is 7.05 Å². The van der Waals surface area contributed by atoms with Gasteiger partial charge in [0.1, 0.15) is 5.01 Å². The van der Waals surface area contributed by atoms with Crippen LogP contribution in [-0.4, -0.2) is 59.7 Å². The van der Waals surface area contributed by atoms with Crippen molar-refractivity contribution >= 4 is 11.3 Å². The van der Waals surface area contributed by atoms with Crippen LogP contribution in [-0.2, 0) is 11.3 Å². The average Bonchev–Trinajstić information content (AvgIpc) is 2.97. The normalized spacial score (nSPS) is 24.5. The average molecular weight is 259 g/mol. The van der Waals surface area contributed by atoms with Crippen LogP contribution in [0.1, 0.15) is 11.4 Å². The van der Waals surface area contributed by atoms with Crippen LogP contribution in [0.25, 0.3) is 0 Å². The molecule has 0 bridgehead atoms. The largest absolute Gasteiger partial charge is 0.472 e. The molecule has 96 valence electrons. The van der Waals surface area contributed by atoms with Crippen LogP contribution in [0.5, 0.6) is 5.19 Å². The molecule has 1 aromatic heterocycles. The predicted molar refractivity (Wildman–Crippen MR) is 63.2 cm³/mol. The maximum absolute atomic E-state index is 9.54. The first-order valence-electron chi connectivity index (χ1n) is 5.46. The van der Waals surface area contributed by atoms with Crippen molar-refractivity contribution in [2.24, 2.45) is 0 Å². The molecular formula is C10H17N3O3S. The monoisotopic (exact) mass is 259 g/mol. The zero-order chi connectivity index (χ0) is 12.3. The summed E-state index contributed by atoms with van der Waals surface area (Å²) in [5.41, 5.74) is -0.279. The molecule has 0 amide bonds. The molecule has 7 heteroatoms. The van der Waals surface area contributed by atoms with Crippen LogP contribution in [0, 0.1) is 0 Å². The standard InChI is InChI=1S/C10H17N3O3S/c1-13(10(6-14)3-4-16-7-10)5-8-11-12-9(15-2)17-8/h14H,3-7H2,1-2H3. The van der Waals surface area contributed by atoms with Crippen LogP contribution in [0.4, 0.5) is 0 Å². The van der Waals surface area contributed by atoms with Gasteiger partial charge in [0.2, 0.25) is 0 Å². The number of hydrogen-bond donors (Lipinski definition) is 1. The second kappa shape index (κ2) is 5.26. The van der Waals surface area contributed by atoms with Crippen LogP contribution in [0.3, 0.4) is 0 Å². The Balaban J connectivity index is 2.02. The van der Waals surface area contributed by atoms with Gasteiger partial charge in [-0.3, -0.25) is 4.90 Å². The summed E-state index contributed by atoms with van der Waals surface area (Å²) in [5, 5.41) is 18.9. The Labute approximate surface area is 104 Å². The number of hydrogen-bond acceptors (Lipinski definition) is 7. The molecule has 0 aliphatic carbocycles. The van der Waals surface area contributed by atoms with Gasteiger partial charge in [-0.05, 0) is 13.5 Å². The van der Waals surface area contributed by atoms with Crippen LogP contribution >= 0.6 is 11.3 Å². The Bertz CT molecular complexity index is 365. The lowest BCUT2D eigenvalue weighted by Crippen LogP contribution is -2.49. The Morgan fingerprint density at radius 3 is 2.94 bits per heavy atom. The number of likely N-dealkylation sites (N-methyl/N-ethyl adjacent to an activating group) is 1. The maximum atomic E-state index is 9.54. The van der Waals surface area contributed by atoms with Gasteiger partial charge in [-0.15, -0.1) is 10.2 Å². The Hall–Kier alpha value is -0.760. The molecule has 1 aliphatic rings. The van der Waals surface area contributed by atoms with Gasteiger partial charge < -0.3 is 14.6 Å². The fourth-order valence-electron chi connectivity index (χ4n) is 1.90. The van der Waals surface area contributed by atoms with E-state index >= 15 is 0 Å². The zero-order valence-electron chi connectivity index (χ0n) is 10.0. The van der Waals surface area contributed by atoms with Crippen molar-refractivity contribution < 1.29 is 14.6 Å². The van der Waals surface area contributed by atoms with E-state index in [1.54, 1.807) is 7.11 Å². The van der Waals surface area contributed by atoms with Gasteiger partial charge in [-0.25, -0.2) is 0 Å². The number of ether oxygens (including phenoxy) is 2. The molecule has 1 unspecified atom stereocenters. The number of nitrogens with zero attached hydrogens (tertiary/aromatic N) is 3. The maximum Gasteiger partial charge on any atom is 0.293 e. The molecular weight excluding hydrogens is 242 g/mol. The lowest BCUT2D eigenvalue weighted by Gasteiger charge is -2.35. The first-order valence-corrected chi connectivity index (χ1v) is 6.28. The third-order valence-electron chi connectivity index (χ3n) is 3.18. The molecule has 1 atom stereocenters. The number of aliphatic hydroxyl groups is 1. The molecule has 1 aliphatic heterocycles. The molecule has 1 saturated heterocycles. The van der Waals surface area contributed by atoms with Gasteiger partial charge in [0.25, 0.3) is 5.19 Å². The fourth-order valence-corrected chi connectivity index (χ4v) is 2.60. The fraction of sp³-hybridized carbons (Fsp3) is 0.800. The summed E-state index contributed by atoms with van der Waals surface area (Å²) in [6, 6.07) is 0. The summed E-state index contributed by atoms with van der Waals surface area (Å²) in [7, 11) is 3.55. The highest BCUT2D eigenvalue weighted by molar-refractivity contribution is 7.13. The van der Waals surface area contributed by atoms with E-state index in [9.17, 15) is 5.11 Å². The van der Waals surface area contributed by atoms with E-state index in [4.69, 9.17) is 9.47 Å². The van der Waals surface area contributed by atoms with Crippen molar-refractivity contribution in [3.63, 3.8) is 0 Å². The van der Waals surface area contributed by atoms with Gasteiger partial charge >= 0.3 is 0 Å². The highest BCUT2D eigenvalue weighted by Crippen LogP contribution is 2.27. The van der Waals surface area contributed by atoms with E-state index in [2.05, 4.69) is 15.1 Å². The molecule has 2 heterocycles. The summed E-state index contributed by atoms with van der Waals surface area (Å²) in [6.45, 7) is 2.00. The van der Waals surface area contributed by atoms with Crippen molar-refractivity contribution in [1.82, 2.24) is 15.1 Å². The summed E-state index contributed by atoms with van der Waals surface area (Å²) in [6.07, 6.45) is 0.843. The van der Waals surface area contributed by atoms with Crippen molar-refractivity contribution in [1.29, 1.82) is 0 Å². The third kappa shape index (κ3) is 2.57. The van der Waals surface area contributed by atoms with Crippen molar-refractivity contribution in [3.05, 3.63) is 5.01 Å². The Kier molecular flexibility index (Phi) is 3.93. The SMILES string of the molecule is COc1nnc(CN(C)C2(CO)CCOC2)s1. The first-order chi connectivity index (χ1) is 8.20. The Morgan fingerprint density at radius 2 is 2.41 bits per heavy atom. The highest BCUT2D eigenvalue weighted by atomic mass is 32.1. The quantitative estimate of drug-likeness (QED) is 0.810. The lowest BCUT2D eigenvalue weighted by molar-refractivity contribution is 0.0313. The van der Waals surface area contributed by atoms with Crippen molar-refractivity contribution in [3.8, 4) is 5.19 Å². The molecule has 1 aromatic rings. The number of aliphatic hydroxyl groups excluding tert-OH is 1. The van der Waals surface area contributed by atoms with Gasteiger partial charge in [0.15, 0.2) is 0 Å². The van der Waals surface area contributed by atoms with E-state index in [-0.39, 0.29) is 12.1 Å². The van der Waals surface area contributed by atoms with E-state index in [0.29, 0.717) is 25.0 Å². The highest BCUT2D eigenvalue weighted by Gasteiger charge is 2.38. The van der Waals surface area contributed by atoms with Crippen LogP contribution in [0.2, 0.25) is 0 Å². The third-order valence-corrected chi connectivity index (χ3v) is 4.05. The molecule has 0 aromatic carbocycles. The molecule has 1 N–H and O–H groups in total. The molecule has 0 spiro atoms. The van der Waals surface area contributed by atoms with Crippen molar-refractivity contribution in [2.45, 2.75) is 18.5 Å². The number of aromatic nitrogens is 2. The van der Waals surface area contributed by atoms with Crippen LogP contribution < -0.4 is 4.74 Å². The van der Waals surface area contributed by atoms with Gasteiger partial charge in [-0.2, -0.15) is 0 Å². The van der Waals surface area contributed by atoms with Crippen molar-refractivity contribution in [2.75, 3.05) is 34.0 Å². The summed E-state index contributed by atoms with van der Waals surface area (Å²) < 4.78 is 10.4. The number of methoxy groups -OCH3 is 1. The second-order valence-corrected chi connectivity index (χ2v) is 5.23. The zero-order valence-corrected chi connectivity index (χ0v) is 10.9. The predicted octanol–water partition coefficient (Wildman–Crippen LogP) is 0.130. The minimum Gasteiger partial charge on any atom is -0.472 e. The first kappa shape index (κ1) is 12.7. The molecule has 17 heavy (non-hydrogen) atoms.